The van der Waals surface area contributed by atoms with E-state index in [0.29, 0.717) is 12.1 Å². The highest BCUT2D eigenvalue weighted by Gasteiger charge is 2.08. The van der Waals surface area contributed by atoms with E-state index in [1.807, 2.05) is 31.3 Å². The Morgan fingerprint density at radius 1 is 1.22 bits per heavy atom. The molecule has 0 radical (unpaired) electrons. The number of nitrogens with one attached hydrogen (secondary N) is 2. The molecular formula is C13H14N4O. The summed E-state index contributed by atoms with van der Waals surface area (Å²) in [6.07, 6.45) is 2.93. The van der Waals surface area contributed by atoms with Crippen LogP contribution in [0.5, 0.6) is 0 Å². The van der Waals surface area contributed by atoms with E-state index >= 15 is 0 Å². The summed E-state index contributed by atoms with van der Waals surface area (Å²) in [5.41, 5.74) is 2.33. The van der Waals surface area contributed by atoms with E-state index < -0.39 is 0 Å². The van der Waals surface area contributed by atoms with Gasteiger partial charge in [0.2, 0.25) is 0 Å². The fourth-order valence-electron chi connectivity index (χ4n) is 1.61. The number of hydrogen-bond donors (Lipinski definition) is 2. The van der Waals surface area contributed by atoms with Gasteiger partial charge in [0.1, 0.15) is 0 Å². The maximum Gasteiger partial charge on any atom is 0.257 e. The SMILES string of the molecule is CNCc1ccccc1NC(=O)c1ccnnc1. The molecule has 1 aromatic carbocycles. The van der Waals surface area contributed by atoms with Crippen LogP contribution in [-0.2, 0) is 6.54 Å². The fraction of sp³-hybridized carbons (Fsp3) is 0.154. The Hall–Kier alpha value is -2.27. The molecule has 0 saturated carbocycles. The van der Waals surface area contributed by atoms with Crippen molar-refractivity contribution in [1.82, 2.24) is 15.5 Å². The summed E-state index contributed by atoms with van der Waals surface area (Å²) < 4.78 is 0. The highest BCUT2D eigenvalue weighted by molar-refractivity contribution is 6.04. The number of hydrogen-bond acceptors (Lipinski definition) is 4. The van der Waals surface area contributed by atoms with Gasteiger partial charge in [-0.3, -0.25) is 4.79 Å². The van der Waals surface area contributed by atoms with Gasteiger partial charge < -0.3 is 10.6 Å². The highest BCUT2D eigenvalue weighted by Crippen LogP contribution is 2.15. The van der Waals surface area contributed by atoms with Crippen LogP contribution in [0.2, 0.25) is 0 Å². The second kappa shape index (κ2) is 5.88. The summed E-state index contributed by atoms with van der Waals surface area (Å²) in [7, 11) is 1.87. The zero-order valence-corrected chi connectivity index (χ0v) is 10.1. The minimum Gasteiger partial charge on any atom is -0.322 e. The van der Waals surface area contributed by atoms with E-state index in [9.17, 15) is 4.79 Å². The van der Waals surface area contributed by atoms with Crippen molar-refractivity contribution in [3.8, 4) is 0 Å². The minimum atomic E-state index is -0.187. The summed E-state index contributed by atoms with van der Waals surface area (Å²) >= 11 is 0. The maximum absolute atomic E-state index is 12.0. The van der Waals surface area contributed by atoms with Crippen LogP contribution in [0.1, 0.15) is 15.9 Å². The van der Waals surface area contributed by atoms with Gasteiger partial charge in [0, 0.05) is 12.2 Å². The molecule has 5 heteroatoms. The molecule has 2 N–H and O–H groups in total. The molecular weight excluding hydrogens is 228 g/mol. The molecule has 2 rings (SSSR count). The van der Waals surface area contributed by atoms with Gasteiger partial charge in [-0.05, 0) is 24.7 Å². The second-order valence-electron chi connectivity index (χ2n) is 3.77. The summed E-state index contributed by atoms with van der Waals surface area (Å²) in [6.45, 7) is 0.699. The number of rotatable bonds is 4. The Balaban J connectivity index is 2.17. The van der Waals surface area contributed by atoms with Crippen molar-refractivity contribution in [2.45, 2.75) is 6.54 Å². The van der Waals surface area contributed by atoms with Gasteiger partial charge >= 0.3 is 0 Å². The molecule has 0 bridgehead atoms. The monoisotopic (exact) mass is 242 g/mol. The number of para-hydroxylation sites is 1. The topological polar surface area (TPSA) is 66.9 Å². The van der Waals surface area contributed by atoms with Gasteiger partial charge in [0.15, 0.2) is 0 Å². The standard InChI is InChI=1S/C13H14N4O/c1-14-8-10-4-2-3-5-12(10)17-13(18)11-6-7-15-16-9-11/h2-7,9,14H,8H2,1H3,(H,17,18). The molecule has 0 aliphatic heterocycles. The van der Waals surface area contributed by atoms with Gasteiger partial charge in [-0.2, -0.15) is 10.2 Å². The predicted octanol–water partition coefficient (Wildman–Crippen LogP) is 1.45. The molecule has 1 heterocycles. The molecule has 1 aromatic heterocycles. The van der Waals surface area contributed by atoms with Crippen LogP contribution in [0.25, 0.3) is 0 Å². The number of benzene rings is 1. The van der Waals surface area contributed by atoms with Gasteiger partial charge in [-0.15, -0.1) is 0 Å². The van der Waals surface area contributed by atoms with Crippen molar-refractivity contribution in [3.05, 3.63) is 53.9 Å². The Morgan fingerprint density at radius 3 is 2.78 bits per heavy atom. The smallest absolute Gasteiger partial charge is 0.257 e. The molecule has 0 saturated heterocycles. The normalized spacial score (nSPS) is 10.1. The van der Waals surface area contributed by atoms with Gasteiger partial charge in [0.05, 0.1) is 18.0 Å². The first-order valence-electron chi connectivity index (χ1n) is 5.62. The van der Waals surface area contributed by atoms with Crippen molar-refractivity contribution in [3.63, 3.8) is 0 Å². The number of nitrogens with zero attached hydrogens (tertiary/aromatic N) is 2. The molecule has 1 amide bonds. The molecule has 18 heavy (non-hydrogen) atoms. The molecule has 0 aliphatic carbocycles. The zero-order valence-electron chi connectivity index (χ0n) is 10.1. The van der Waals surface area contributed by atoms with Gasteiger partial charge in [-0.1, -0.05) is 18.2 Å². The van der Waals surface area contributed by atoms with Crippen molar-refractivity contribution < 1.29 is 4.79 Å². The van der Waals surface area contributed by atoms with Gasteiger partial charge in [-0.25, -0.2) is 0 Å². The average Bonchev–Trinajstić information content (AvgIpc) is 2.42. The van der Waals surface area contributed by atoms with E-state index in [4.69, 9.17) is 0 Å². The third-order valence-corrected chi connectivity index (χ3v) is 2.48. The van der Waals surface area contributed by atoms with E-state index in [1.165, 1.54) is 12.4 Å². The quantitative estimate of drug-likeness (QED) is 0.851. The third kappa shape index (κ3) is 2.89. The molecule has 0 aliphatic rings. The lowest BCUT2D eigenvalue weighted by Crippen LogP contribution is -2.15. The van der Waals surface area contributed by atoms with Crippen LogP contribution < -0.4 is 10.6 Å². The molecule has 0 atom stereocenters. The predicted molar refractivity (Wildman–Crippen MR) is 69.2 cm³/mol. The minimum absolute atomic E-state index is 0.187. The Bertz CT molecular complexity index is 528. The molecule has 0 unspecified atom stereocenters. The number of amides is 1. The largest absolute Gasteiger partial charge is 0.322 e. The first-order valence-corrected chi connectivity index (χ1v) is 5.62. The van der Waals surface area contributed by atoms with E-state index in [0.717, 1.165) is 11.3 Å². The molecule has 0 fully saturated rings. The third-order valence-electron chi connectivity index (χ3n) is 2.48. The summed E-state index contributed by atoms with van der Waals surface area (Å²) in [6, 6.07) is 9.30. The fourth-order valence-corrected chi connectivity index (χ4v) is 1.61. The Kier molecular flexibility index (Phi) is 3.98. The summed E-state index contributed by atoms with van der Waals surface area (Å²) in [4.78, 5) is 12.0. The van der Waals surface area contributed by atoms with Crippen LogP contribution in [-0.4, -0.2) is 23.2 Å². The lowest BCUT2D eigenvalue weighted by Gasteiger charge is -2.10. The van der Waals surface area contributed by atoms with Crippen LogP contribution in [0.4, 0.5) is 5.69 Å². The number of carbonyl (C=O) groups excluding carboxylic acids is 1. The van der Waals surface area contributed by atoms with E-state index in [-0.39, 0.29) is 5.91 Å². The second-order valence-corrected chi connectivity index (χ2v) is 3.77. The summed E-state index contributed by atoms with van der Waals surface area (Å²) in [5, 5.41) is 13.3. The molecule has 92 valence electrons. The van der Waals surface area contributed by atoms with Gasteiger partial charge in [0.25, 0.3) is 5.91 Å². The molecule has 5 nitrogen and oxygen atoms in total. The van der Waals surface area contributed by atoms with E-state index in [1.54, 1.807) is 6.07 Å². The lowest BCUT2D eigenvalue weighted by atomic mass is 10.1. The maximum atomic E-state index is 12.0. The Labute approximate surface area is 105 Å². The highest BCUT2D eigenvalue weighted by atomic mass is 16.1. The van der Waals surface area contributed by atoms with Crippen molar-refractivity contribution >= 4 is 11.6 Å². The number of anilines is 1. The number of aromatic nitrogens is 2. The van der Waals surface area contributed by atoms with Crippen LogP contribution in [0.3, 0.4) is 0 Å². The lowest BCUT2D eigenvalue weighted by molar-refractivity contribution is 0.102. The first-order chi connectivity index (χ1) is 8.81. The van der Waals surface area contributed by atoms with Crippen LogP contribution in [0.15, 0.2) is 42.7 Å². The number of carbonyl (C=O) groups is 1. The van der Waals surface area contributed by atoms with Crippen LogP contribution in [0, 0.1) is 0 Å². The molecule has 0 spiro atoms. The summed E-state index contributed by atoms with van der Waals surface area (Å²) in [5.74, 6) is -0.187. The van der Waals surface area contributed by atoms with Crippen molar-refractivity contribution in [2.75, 3.05) is 12.4 Å². The average molecular weight is 242 g/mol. The molecule has 2 aromatic rings. The van der Waals surface area contributed by atoms with Crippen molar-refractivity contribution in [2.24, 2.45) is 0 Å². The van der Waals surface area contributed by atoms with E-state index in [2.05, 4.69) is 20.8 Å². The zero-order chi connectivity index (χ0) is 12.8. The first kappa shape index (κ1) is 12.2. The Morgan fingerprint density at radius 2 is 2.06 bits per heavy atom. The van der Waals surface area contributed by atoms with Crippen LogP contribution >= 0.6 is 0 Å². The van der Waals surface area contributed by atoms with Crippen molar-refractivity contribution in [1.29, 1.82) is 0 Å².